The van der Waals surface area contributed by atoms with E-state index in [1.807, 2.05) is 37.3 Å². The van der Waals surface area contributed by atoms with E-state index in [1.54, 1.807) is 23.2 Å². The number of piperazine rings is 1. The lowest BCUT2D eigenvalue weighted by Crippen LogP contribution is -2.52. The van der Waals surface area contributed by atoms with E-state index in [-0.39, 0.29) is 12.5 Å². The van der Waals surface area contributed by atoms with Crippen LogP contribution in [-0.4, -0.2) is 63.2 Å². The van der Waals surface area contributed by atoms with Gasteiger partial charge >= 0.3 is 0 Å². The molecular weight excluding hydrogens is 364 g/mol. The summed E-state index contributed by atoms with van der Waals surface area (Å²) < 4.78 is 25.6. The van der Waals surface area contributed by atoms with E-state index in [4.69, 9.17) is 0 Å². The molecule has 0 unspecified atom stereocenters. The van der Waals surface area contributed by atoms with Crippen molar-refractivity contribution in [1.29, 1.82) is 0 Å². The molecule has 7 nitrogen and oxygen atoms in total. The van der Waals surface area contributed by atoms with Gasteiger partial charge in [-0.25, -0.2) is 13.4 Å². The Labute approximate surface area is 160 Å². The molecule has 2 heterocycles. The highest BCUT2D eigenvalue weighted by molar-refractivity contribution is 7.92. The summed E-state index contributed by atoms with van der Waals surface area (Å²) in [6.07, 6.45) is 2.87. The molecule has 0 N–H and O–H groups in total. The first-order chi connectivity index (χ1) is 12.8. The number of amides is 1. The van der Waals surface area contributed by atoms with E-state index < -0.39 is 10.0 Å². The Hall–Kier alpha value is -2.61. The molecule has 0 spiro atoms. The minimum Gasteiger partial charge on any atom is -0.353 e. The predicted octanol–water partition coefficient (Wildman–Crippen LogP) is 1.50. The van der Waals surface area contributed by atoms with Gasteiger partial charge < -0.3 is 9.80 Å². The zero-order valence-corrected chi connectivity index (χ0v) is 16.4. The van der Waals surface area contributed by atoms with Crippen LogP contribution in [0.15, 0.2) is 48.7 Å². The number of aryl methyl sites for hydroxylation is 1. The number of pyridine rings is 1. The number of sulfonamides is 1. The second-order valence-corrected chi connectivity index (χ2v) is 8.57. The van der Waals surface area contributed by atoms with Crippen LogP contribution in [0.5, 0.6) is 0 Å². The van der Waals surface area contributed by atoms with Gasteiger partial charge in [-0.3, -0.25) is 9.10 Å². The van der Waals surface area contributed by atoms with Crippen LogP contribution in [0.25, 0.3) is 0 Å². The SMILES string of the molecule is Cc1ccc(N(CC(=O)N2CCN(c3ccccn3)CC2)S(C)(=O)=O)cc1. The summed E-state index contributed by atoms with van der Waals surface area (Å²) in [6, 6.07) is 12.9. The Morgan fingerprint density at radius 3 is 2.30 bits per heavy atom. The summed E-state index contributed by atoms with van der Waals surface area (Å²) in [4.78, 5) is 20.9. The van der Waals surface area contributed by atoms with Gasteiger partial charge in [0, 0.05) is 32.4 Å². The summed E-state index contributed by atoms with van der Waals surface area (Å²) >= 11 is 0. The topological polar surface area (TPSA) is 73.8 Å². The number of hydrogen-bond acceptors (Lipinski definition) is 5. The maximum Gasteiger partial charge on any atom is 0.243 e. The number of aromatic nitrogens is 1. The molecule has 1 aliphatic rings. The Bertz CT molecular complexity index is 877. The molecule has 8 heteroatoms. The minimum atomic E-state index is -3.55. The lowest BCUT2D eigenvalue weighted by atomic mass is 10.2. The van der Waals surface area contributed by atoms with Gasteiger partial charge in [0.1, 0.15) is 12.4 Å². The molecule has 0 aliphatic carbocycles. The van der Waals surface area contributed by atoms with Crippen molar-refractivity contribution in [1.82, 2.24) is 9.88 Å². The minimum absolute atomic E-state index is 0.189. The maximum atomic E-state index is 12.7. The molecule has 1 aromatic carbocycles. The number of hydrogen-bond donors (Lipinski definition) is 0. The van der Waals surface area contributed by atoms with Gasteiger partial charge in [-0.05, 0) is 31.2 Å². The van der Waals surface area contributed by atoms with Gasteiger partial charge in [0.05, 0.1) is 11.9 Å². The predicted molar refractivity (Wildman–Crippen MR) is 106 cm³/mol. The fourth-order valence-electron chi connectivity index (χ4n) is 3.06. The van der Waals surface area contributed by atoms with Crippen LogP contribution < -0.4 is 9.21 Å². The molecule has 144 valence electrons. The van der Waals surface area contributed by atoms with Crippen LogP contribution in [-0.2, 0) is 14.8 Å². The monoisotopic (exact) mass is 388 g/mol. The second-order valence-electron chi connectivity index (χ2n) is 6.66. The smallest absolute Gasteiger partial charge is 0.243 e. The first-order valence-electron chi connectivity index (χ1n) is 8.83. The van der Waals surface area contributed by atoms with Gasteiger partial charge in [0.15, 0.2) is 0 Å². The molecule has 1 fully saturated rings. The standard InChI is InChI=1S/C19H24N4O3S/c1-16-6-8-17(9-7-16)23(27(2,25)26)15-19(24)22-13-11-21(12-14-22)18-5-3-4-10-20-18/h3-10H,11-15H2,1-2H3. The van der Waals surface area contributed by atoms with Crippen LogP contribution in [0.3, 0.4) is 0 Å². The Kier molecular flexibility index (Phi) is 5.65. The van der Waals surface area contributed by atoms with E-state index in [0.717, 1.165) is 17.6 Å². The van der Waals surface area contributed by atoms with Crippen molar-refractivity contribution >= 4 is 27.4 Å². The summed E-state index contributed by atoms with van der Waals surface area (Å²) in [6.45, 7) is 4.17. The maximum absolute atomic E-state index is 12.7. The molecule has 1 aliphatic heterocycles. The fourth-order valence-corrected chi connectivity index (χ4v) is 3.91. The zero-order chi connectivity index (χ0) is 19.4. The number of anilines is 2. The Balaban J connectivity index is 1.66. The van der Waals surface area contributed by atoms with Crippen LogP contribution >= 0.6 is 0 Å². The van der Waals surface area contributed by atoms with Crippen LogP contribution in [0, 0.1) is 6.92 Å². The number of benzene rings is 1. The van der Waals surface area contributed by atoms with Gasteiger partial charge in [-0.1, -0.05) is 23.8 Å². The van der Waals surface area contributed by atoms with E-state index in [9.17, 15) is 13.2 Å². The van der Waals surface area contributed by atoms with Crippen LogP contribution in [0.1, 0.15) is 5.56 Å². The summed E-state index contributed by atoms with van der Waals surface area (Å²) in [5.41, 5.74) is 1.53. The molecule has 1 saturated heterocycles. The second kappa shape index (κ2) is 7.96. The normalized spacial score (nSPS) is 14.9. The quantitative estimate of drug-likeness (QED) is 0.776. The third-order valence-corrected chi connectivity index (χ3v) is 5.75. The lowest BCUT2D eigenvalue weighted by Gasteiger charge is -2.36. The number of nitrogens with zero attached hydrogens (tertiary/aromatic N) is 4. The van der Waals surface area contributed by atoms with E-state index in [0.29, 0.717) is 31.9 Å². The molecule has 0 bridgehead atoms. The van der Waals surface area contributed by atoms with Gasteiger partial charge in [-0.2, -0.15) is 0 Å². The highest BCUT2D eigenvalue weighted by Crippen LogP contribution is 2.19. The Morgan fingerprint density at radius 1 is 1.07 bits per heavy atom. The molecule has 3 rings (SSSR count). The van der Waals surface area contributed by atoms with Crippen LogP contribution in [0.2, 0.25) is 0 Å². The molecule has 2 aromatic rings. The van der Waals surface area contributed by atoms with Crippen molar-refractivity contribution in [3.05, 3.63) is 54.2 Å². The van der Waals surface area contributed by atoms with Crippen molar-refractivity contribution in [3.8, 4) is 0 Å². The number of carbonyl (C=O) groups is 1. The average Bonchev–Trinajstić information content (AvgIpc) is 2.67. The summed E-state index contributed by atoms with van der Waals surface area (Å²) in [5, 5.41) is 0. The van der Waals surface area contributed by atoms with E-state index in [2.05, 4.69) is 9.88 Å². The molecule has 0 saturated carbocycles. The molecular formula is C19H24N4O3S. The van der Waals surface area contributed by atoms with E-state index >= 15 is 0 Å². The first-order valence-corrected chi connectivity index (χ1v) is 10.7. The van der Waals surface area contributed by atoms with Crippen LogP contribution in [0.4, 0.5) is 11.5 Å². The van der Waals surface area contributed by atoms with Crippen molar-refractivity contribution in [2.24, 2.45) is 0 Å². The molecule has 1 aromatic heterocycles. The summed E-state index contributed by atoms with van der Waals surface area (Å²) in [5.74, 6) is 0.698. The van der Waals surface area contributed by atoms with Crippen molar-refractivity contribution < 1.29 is 13.2 Å². The molecule has 0 atom stereocenters. The van der Waals surface area contributed by atoms with Gasteiger partial charge in [-0.15, -0.1) is 0 Å². The first kappa shape index (κ1) is 19.2. The summed E-state index contributed by atoms with van der Waals surface area (Å²) in [7, 11) is -3.55. The Morgan fingerprint density at radius 2 is 1.74 bits per heavy atom. The van der Waals surface area contributed by atoms with Gasteiger partial charge in [0.2, 0.25) is 15.9 Å². The molecule has 1 amide bonds. The van der Waals surface area contributed by atoms with Crippen molar-refractivity contribution in [2.45, 2.75) is 6.92 Å². The van der Waals surface area contributed by atoms with Crippen molar-refractivity contribution in [3.63, 3.8) is 0 Å². The molecule has 27 heavy (non-hydrogen) atoms. The number of carbonyl (C=O) groups excluding carboxylic acids is 1. The third-order valence-electron chi connectivity index (χ3n) is 4.61. The highest BCUT2D eigenvalue weighted by atomic mass is 32.2. The van der Waals surface area contributed by atoms with Crippen molar-refractivity contribution in [2.75, 3.05) is 48.2 Å². The highest BCUT2D eigenvalue weighted by Gasteiger charge is 2.26. The third kappa shape index (κ3) is 4.77. The lowest BCUT2D eigenvalue weighted by molar-refractivity contribution is -0.129. The number of rotatable bonds is 5. The average molecular weight is 388 g/mol. The largest absolute Gasteiger partial charge is 0.353 e. The van der Waals surface area contributed by atoms with E-state index in [1.165, 1.54) is 4.31 Å². The fraction of sp³-hybridized carbons (Fsp3) is 0.368. The molecule has 0 radical (unpaired) electrons. The van der Waals surface area contributed by atoms with Gasteiger partial charge in [0.25, 0.3) is 0 Å². The zero-order valence-electron chi connectivity index (χ0n) is 15.6.